The van der Waals surface area contributed by atoms with E-state index in [2.05, 4.69) is 0 Å². The number of benzene rings is 2. The van der Waals surface area contributed by atoms with Gasteiger partial charge in [0.05, 0.1) is 0 Å². The van der Waals surface area contributed by atoms with Gasteiger partial charge in [-0.3, -0.25) is 10.1 Å². The summed E-state index contributed by atoms with van der Waals surface area (Å²) in [5.41, 5.74) is 0.673. The lowest BCUT2D eigenvalue weighted by atomic mass is 10.2. The van der Waals surface area contributed by atoms with Crippen molar-refractivity contribution in [3.63, 3.8) is 0 Å². The summed E-state index contributed by atoms with van der Waals surface area (Å²) in [5.74, 6) is 0.103. The molecule has 2 aromatic carbocycles. The van der Waals surface area contributed by atoms with Crippen LogP contribution in [0.2, 0.25) is 0 Å². The van der Waals surface area contributed by atoms with Gasteiger partial charge < -0.3 is 9.47 Å². The number of ether oxygens (including phenoxy) is 2. The molecule has 110 valence electrons. The Morgan fingerprint density at radius 3 is 2.09 bits per heavy atom. The second kappa shape index (κ2) is 5.69. The van der Waals surface area contributed by atoms with Gasteiger partial charge in [-0.1, -0.05) is 12.1 Å². The zero-order valence-electron chi connectivity index (χ0n) is 11.2. The Balaban J connectivity index is 1.73. The van der Waals surface area contributed by atoms with Gasteiger partial charge in [0.15, 0.2) is 5.76 Å². The highest BCUT2D eigenvalue weighted by Gasteiger charge is 2.25. The molecule has 22 heavy (non-hydrogen) atoms. The van der Waals surface area contributed by atoms with E-state index in [1.165, 1.54) is 30.3 Å². The number of carbonyl (C=O) groups excluding carboxylic acids is 2. The smallest absolute Gasteiger partial charge is 0.419 e. The van der Waals surface area contributed by atoms with E-state index in [1.54, 1.807) is 24.3 Å². The fourth-order valence-electron chi connectivity index (χ4n) is 1.84. The van der Waals surface area contributed by atoms with Crippen LogP contribution in [0.15, 0.2) is 54.3 Å². The van der Waals surface area contributed by atoms with Crippen LogP contribution >= 0.6 is 0 Å². The number of alkyl carbamates (subject to hydrolysis) is 1. The molecule has 3 rings (SSSR count). The number of imide groups is 1. The summed E-state index contributed by atoms with van der Waals surface area (Å²) in [7, 11) is 0. The summed E-state index contributed by atoms with van der Waals surface area (Å²) < 4.78 is 23.1. The SMILES string of the molecule is O=C1NC(=O)/C(=C/c2ccc(Oc3ccc(F)cc3)cc2)O1. The van der Waals surface area contributed by atoms with Gasteiger partial charge in [0, 0.05) is 0 Å². The molecule has 2 aromatic rings. The molecule has 0 spiro atoms. The molecule has 5 nitrogen and oxygen atoms in total. The van der Waals surface area contributed by atoms with Gasteiger partial charge >= 0.3 is 6.09 Å². The van der Waals surface area contributed by atoms with Crippen molar-refractivity contribution in [3.05, 3.63) is 65.7 Å². The molecule has 0 radical (unpaired) electrons. The van der Waals surface area contributed by atoms with Crippen molar-refractivity contribution in [3.8, 4) is 11.5 Å². The van der Waals surface area contributed by atoms with E-state index in [1.807, 2.05) is 5.32 Å². The number of cyclic esters (lactones) is 1. The average Bonchev–Trinajstić information content (AvgIpc) is 2.81. The molecule has 1 aliphatic heterocycles. The zero-order chi connectivity index (χ0) is 15.5. The molecule has 0 unspecified atom stereocenters. The van der Waals surface area contributed by atoms with Crippen LogP contribution in [0, 0.1) is 5.82 Å². The van der Waals surface area contributed by atoms with E-state index in [9.17, 15) is 14.0 Å². The molecular weight excluding hydrogens is 289 g/mol. The summed E-state index contributed by atoms with van der Waals surface area (Å²) in [4.78, 5) is 22.2. The first-order valence-corrected chi connectivity index (χ1v) is 6.38. The molecule has 0 saturated carbocycles. The van der Waals surface area contributed by atoms with Gasteiger partial charge in [-0.05, 0) is 48.0 Å². The summed E-state index contributed by atoms with van der Waals surface area (Å²) in [6.45, 7) is 0. The lowest BCUT2D eigenvalue weighted by Crippen LogP contribution is -2.18. The molecule has 1 N–H and O–H groups in total. The Kier molecular flexibility index (Phi) is 3.57. The monoisotopic (exact) mass is 299 g/mol. The number of rotatable bonds is 3. The van der Waals surface area contributed by atoms with Crippen LogP contribution in [0.25, 0.3) is 6.08 Å². The second-order valence-corrected chi connectivity index (χ2v) is 4.48. The first-order valence-electron chi connectivity index (χ1n) is 6.38. The molecule has 0 atom stereocenters. The van der Waals surface area contributed by atoms with E-state index in [4.69, 9.17) is 9.47 Å². The molecule has 1 saturated heterocycles. The maximum Gasteiger partial charge on any atom is 0.419 e. The molecule has 0 aliphatic carbocycles. The fraction of sp³-hybridized carbons (Fsp3) is 0. The number of hydrogen-bond acceptors (Lipinski definition) is 4. The number of nitrogens with one attached hydrogen (secondary N) is 1. The first-order chi connectivity index (χ1) is 10.6. The normalized spacial score (nSPS) is 15.6. The van der Waals surface area contributed by atoms with E-state index < -0.39 is 12.0 Å². The van der Waals surface area contributed by atoms with Crippen LogP contribution in [0.1, 0.15) is 5.56 Å². The molecule has 0 bridgehead atoms. The van der Waals surface area contributed by atoms with Crippen molar-refractivity contribution in [2.45, 2.75) is 0 Å². The molecule has 1 heterocycles. The first kappa shape index (κ1) is 13.8. The van der Waals surface area contributed by atoms with Gasteiger partial charge in [-0.15, -0.1) is 0 Å². The van der Waals surface area contributed by atoms with E-state index in [0.717, 1.165) is 0 Å². The summed E-state index contributed by atoms with van der Waals surface area (Å²) in [6.07, 6.45) is 0.662. The van der Waals surface area contributed by atoms with Crippen molar-refractivity contribution in [2.75, 3.05) is 0 Å². The Labute approximate surface area is 125 Å². The largest absolute Gasteiger partial charge is 0.457 e. The van der Waals surface area contributed by atoms with E-state index in [-0.39, 0.29) is 11.6 Å². The summed E-state index contributed by atoms with van der Waals surface area (Å²) >= 11 is 0. The summed E-state index contributed by atoms with van der Waals surface area (Å²) in [6, 6.07) is 12.4. The van der Waals surface area contributed by atoms with Gasteiger partial charge in [0.2, 0.25) is 0 Å². The summed E-state index contributed by atoms with van der Waals surface area (Å²) in [5, 5.41) is 2.01. The molecule has 2 amide bonds. The fourth-order valence-corrected chi connectivity index (χ4v) is 1.84. The van der Waals surface area contributed by atoms with Crippen molar-refractivity contribution in [1.29, 1.82) is 0 Å². The minimum absolute atomic E-state index is 0.0581. The van der Waals surface area contributed by atoms with Gasteiger partial charge in [0.1, 0.15) is 17.3 Å². The van der Waals surface area contributed by atoms with Crippen molar-refractivity contribution >= 4 is 18.1 Å². The maximum absolute atomic E-state index is 12.8. The number of hydrogen-bond donors (Lipinski definition) is 1. The van der Waals surface area contributed by atoms with Gasteiger partial charge in [-0.2, -0.15) is 0 Å². The number of amides is 2. The Bertz CT molecular complexity index is 751. The van der Waals surface area contributed by atoms with Crippen molar-refractivity contribution in [1.82, 2.24) is 5.32 Å². The van der Waals surface area contributed by atoms with Gasteiger partial charge in [-0.25, -0.2) is 9.18 Å². The van der Waals surface area contributed by atoms with E-state index in [0.29, 0.717) is 17.1 Å². The Morgan fingerprint density at radius 2 is 1.55 bits per heavy atom. The quantitative estimate of drug-likeness (QED) is 0.884. The van der Waals surface area contributed by atoms with Crippen LogP contribution in [0.5, 0.6) is 11.5 Å². The van der Waals surface area contributed by atoms with E-state index >= 15 is 0 Å². The molecule has 1 fully saturated rings. The molecule has 1 aliphatic rings. The van der Waals surface area contributed by atoms with Crippen molar-refractivity contribution in [2.24, 2.45) is 0 Å². The van der Waals surface area contributed by atoms with Crippen LogP contribution in [0.4, 0.5) is 9.18 Å². The average molecular weight is 299 g/mol. The lowest BCUT2D eigenvalue weighted by Gasteiger charge is -2.05. The van der Waals surface area contributed by atoms with Crippen LogP contribution in [-0.4, -0.2) is 12.0 Å². The molecule has 0 aromatic heterocycles. The minimum Gasteiger partial charge on any atom is -0.457 e. The topological polar surface area (TPSA) is 64.6 Å². The highest BCUT2D eigenvalue weighted by Crippen LogP contribution is 2.23. The molecule has 6 heteroatoms. The predicted molar refractivity (Wildman–Crippen MR) is 75.5 cm³/mol. The third-order valence-electron chi connectivity index (χ3n) is 2.87. The molecular formula is C16H10FNO4. The number of carbonyl (C=O) groups is 2. The third kappa shape index (κ3) is 3.12. The zero-order valence-corrected chi connectivity index (χ0v) is 11.2. The highest BCUT2D eigenvalue weighted by molar-refractivity contribution is 6.09. The second-order valence-electron chi connectivity index (χ2n) is 4.48. The van der Waals surface area contributed by atoms with Crippen LogP contribution in [0.3, 0.4) is 0 Å². The van der Waals surface area contributed by atoms with Crippen LogP contribution in [-0.2, 0) is 9.53 Å². The third-order valence-corrected chi connectivity index (χ3v) is 2.87. The minimum atomic E-state index is -0.785. The van der Waals surface area contributed by atoms with Gasteiger partial charge in [0.25, 0.3) is 5.91 Å². The maximum atomic E-state index is 12.8. The highest BCUT2D eigenvalue weighted by atomic mass is 19.1. The predicted octanol–water partition coefficient (Wildman–Crippen LogP) is 3.23. The van der Waals surface area contributed by atoms with Crippen LogP contribution < -0.4 is 10.1 Å². The Morgan fingerprint density at radius 1 is 0.955 bits per heavy atom. The number of halogens is 1. The Hall–Kier alpha value is -3.15. The lowest BCUT2D eigenvalue weighted by molar-refractivity contribution is -0.116. The standard InChI is InChI=1S/C16H10FNO4/c17-11-3-7-13(8-4-11)21-12-5-1-10(2-6-12)9-14-15(19)18-16(20)22-14/h1-9H,(H,18,19,20)/b14-9-. The van der Waals surface area contributed by atoms with Crippen molar-refractivity contribution < 1.29 is 23.5 Å².